The molecule has 2 fully saturated rings. The van der Waals surface area contributed by atoms with E-state index >= 15 is 0 Å². The predicted molar refractivity (Wildman–Crippen MR) is 176 cm³/mol. The quantitative estimate of drug-likeness (QED) is 0.441. The van der Waals surface area contributed by atoms with Crippen LogP contribution in [0, 0.1) is 13.8 Å². The number of sulfonamides is 2. The van der Waals surface area contributed by atoms with Crippen molar-refractivity contribution >= 4 is 20.0 Å². The fraction of sp³-hybridized carbons (Fsp3) is 0.625. The average molecular weight is 683 g/mol. The molecule has 258 valence electrons. The number of nitrogens with zero attached hydrogens (tertiary/aromatic N) is 4. The lowest BCUT2D eigenvalue weighted by Gasteiger charge is -2.29. The number of hydrogen-bond donors (Lipinski definition) is 0. The summed E-state index contributed by atoms with van der Waals surface area (Å²) in [5, 5.41) is 0. The second kappa shape index (κ2) is 18.5. The molecule has 2 bridgehead atoms. The topological polar surface area (TPSA) is 118 Å². The van der Waals surface area contributed by atoms with Crippen LogP contribution in [0.1, 0.15) is 11.1 Å². The van der Waals surface area contributed by atoms with Gasteiger partial charge in [-0.3, -0.25) is 9.80 Å². The van der Waals surface area contributed by atoms with Gasteiger partial charge in [0, 0.05) is 65.4 Å². The highest BCUT2D eigenvalue weighted by atomic mass is 32.2. The molecule has 2 aliphatic rings. The van der Waals surface area contributed by atoms with Crippen molar-refractivity contribution < 1.29 is 35.8 Å². The molecule has 4 rings (SSSR count). The molecule has 0 spiro atoms. The Morgan fingerprint density at radius 2 is 0.717 bits per heavy atom. The molecule has 2 atom stereocenters. The van der Waals surface area contributed by atoms with Crippen LogP contribution in [0.2, 0.25) is 0 Å². The lowest BCUT2D eigenvalue weighted by molar-refractivity contribution is 0.0318. The molecule has 2 saturated heterocycles. The molecule has 0 aliphatic carbocycles. The third-order valence-corrected chi connectivity index (χ3v) is 12.0. The Hall–Kier alpha value is -1.98. The van der Waals surface area contributed by atoms with Crippen LogP contribution in [0.15, 0.2) is 58.3 Å². The summed E-state index contributed by atoms with van der Waals surface area (Å²) >= 11 is 0. The average Bonchev–Trinajstić information content (AvgIpc) is 3.04. The molecule has 2 unspecified atom stereocenters. The van der Waals surface area contributed by atoms with Gasteiger partial charge in [0.05, 0.1) is 62.6 Å². The highest BCUT2D eigenvalue weighted by Gasteiger charge is 2.27. The minimum Gasteiger partial charge on any atom is -0.379 e. The van der Waals surface area contributed by atoms with E-state index in [2.05, 4.69) is 9.80 Å². The number of hydrogen-bond acceptors (Lipinski definition) is 10. The molecule has 46 heavy (non-hydrogen) atoms. The Bertz CT molecular complexity index is 1290. The van der Waals surface area contributed by atoms with Crippen molar-refractivity contribution in [2.75, 3.05) is 118 Å². The largest absolute Gasteiger partial charge is 0.379 e. The monoisotopic (exact) mass is 682 g/mol. The Morgan fingerprint density at radius 3 is 1.07 bits per heavy atom. The van der Waals surface area contributed by atoms with E-state index in [0.717, 1.165) is 11.1 Å². The molecule has 12 nitrogen and oxygen atoms in total. The Morgan fingerprint density at radius 1 is 0.413 bits per heavy atom. The Labute approximate surface area is 275 Å². The second-order valence-corrected chi connectivity index (χ2v) is 15.4. The molecule has 0 N–H and O–H groups in total. The summed E-state index contributed by atoms with van der Waals surface area (Å²) in [6.45, 7) is 11.2. The maximum Gasteiger partial charge on any atom is 0.243 e. The number of benzene rings is 2. The Kier molecular flexibility index (Phi) is 14.8. The molecule has 2 heterocycles. The number of rotatable bonds is 4. The van der Waals surface area contributed by atoms with Crippen LogP contribution in [0.5, 0.6) is 0 Å². The standard InChI is InChI=1S/C32H50N4O8S2/c1-29-3-7-31(8-4-29)45(37,38)35-13-11-33-15-21-41-22-16-34(18-24-44-28-27-43-23-17-33)12-14-36(20-26-42-25-19-35)46(39,40)32-9-5-30(2)6-10-32/h3-10H,11-28H2,1-2H3. The first kappa shape index (κ1) is 36.8. The van der Waals surface area contributed by atoms with Crippen LogP contribution in [0.25, 0.3) is 0 Å². The molecular weight excluding hydrogens is 633 g/mol. The zero-order valence-electron chi connectivity index (χ0n) is 27.2. The number of aryl methyl sites for hydroxylation is 2. The molecule has 2 aliphatic heterocycles. The van der Waals surface area contributed by atoms with Crippen molar-refractivity contribution in [3.05, 3.63) is 59.7 Å². The van der Waals surface area contributed by atoms with Crippen molar-refractivity contribution in [1.82, 2.24) is 18.4 Å². The second-order valence-electron chi connectivity index (χ2n) is 11.6. The highest BCUT2D eigenvalue weighted by Crippen LogP contribution is 2.18. The van der Waals surface area contributed by atoms with Crippen molar-refractivity contribution in [1.29, 1.82) is 0 Å². The Balaban J connectivity index is 1.57. The first-order valence-corrected chi connectivity index (χ1v) is 18.9. The third-order valence-electron chi connectivity index (χ3n) is 8.20. The van der Waals surface area contributed by atoms with Gasteiger partial charge in [0.1, 0.15) is 0 Å². The van der Waals surface area contributed by atoms with Gasteiger partial charge in [-0.25, -0.2) is 16.8 Å². The van der Waals surface area contributed by atoms with E-state index < -0.39 is 20.0 Å². The zero-order valence-corrected chi connectivity index (χ0v) is 28.9. The molecule has 2 aromatic carbocycles. The summed E-state index contributed by atoms with van der Waals surface area (Å²) in [6, 6.07) is 13.7. The minimum atomic E-state index is -3.80. The summed E-state index contributed by atoms with van der Waals surface area (Å²) in [6.07, 6.45) is 0. The predicted octanol–water partition coefficient (Wildman–Crippen LogP) is 1.68. The normalized spacial score (nSPS) is 23.9. The lowest BCUT2D eigenvalue weighted by atomic mass is 10.2. The van der Waals surface area contributed by atoms with Crippen molar-refractivity contribution in [3.8, 4) is 0 Å². The SMILES string of the molecule is Cc1ccc(S(=O)(=O)N2CCOCCN(S(=O)(=O)c3ccc(C)cc3)CCN3CCOCCOCCN(CCOCC3)CC2)cc1. The summed E-state index contributed by atoms with van der Waals surface area (Å²) in [4.78, 5) is 4.77. The first-order valence-electron chi connectivity index (χ1n) is 16.1. The summed E-state index contributed by atoms with van der Waals surface area (Å²) < 4.78 is 81.5. The van der Waals surface area contributed by atoms with E-state index in [4.69, 9.17) is 18.9 Å². The van der Waals surface area contributed by atoms with E-state index in [1.807, 2.05) is 13.8 Å². The van der Waals surface area contributed by atoms with Gasteiger partial charge >= 0.3 is 0 Å². The van der Waals surface area contributed by atoms with E-state index in [-0.39, 0.29) is 49.2 Å². The van der Waals surface area contributed by atoms with Gasteiger partial charge in [0.15, 0.2) is 0 Å². The van der Waals surface area contributed by atoms with Gasteiger partial charge in [0.2, 0.25) is 20.0 Å². The fourth-order valence-corrected chi connectivity index (χ4v) is 8.06. The first-order chi connectivity index (χ1) is 22.2. The third kappa shape index (κ3) is 11.3. The smallest absolute Gasteiger partial charge is 0.243 e. The highest BCUT2D eigenvalue weighted by molar-refractivity contribution is 7.89. The van der Waals surface area contributed by atoms with Crippen molar-refractivity contribution in [2.24, 2.45) is 0 Å². The molecular formula is C32H50N4O8S2. The zero-order chi connectivity index (χ0) is 32.8. The summed E-state index contributed by atoms with van der Waals surface area (Å²) in [7, 11) is -7.60. The van der Waals surface area contributed by atoms with Crippen LogP contribution in [-0.4, -0.2) is 154 Å². The van der Waals surface area contributed by atoms with Crippen LogP contribution in [-0.2, 0) is 39.0 Å². The maximum absolute atomic E-state index is 13.8. The lowest BCUT2D eigenvalue weighted by Crippen LogP contribution is -2.43. The van der Waals surface area contributed by atoms with Crippen LogP contribution >= 0.6 is 0 Å². The minimum absolute atomic E-state index is 0.124. The van der Waals surface area contributed by atoms with E-state index in [0.29, 0.717) is 78.9 Å². The van der Waals surface area contributed by atoms with Crippen molar-refractivity contribution in [2.45, 2.75) is 23.6 Å². The molecule has 0 saturated carbocycles. The molecule has 0 amide bonds. The summed E-state index contributed by atoms with van der Waals surface area (Å²) in [5.74, 6) is 0. The van der Waals surface area contributed by atoms with Gasteiger partial charge in [-0.15, -0.1) is 0 Å². The van der Waals surface area contributed by atoms with Gasteiger partial charge in [0.25, 0.3) is 0 Å². The maximum atomic E-state index is 13.8. The van der Waals surface area contributed by atoms with Gasteiger partial charge in [-0.1, -0.05) is 35.4 Å². The number of ether oxygens (including phenoxy) is 4. The van der Waals surface area contributed by atoms with Gasteiger partial charge in [-0.2, -0.15) is 8.61 Å². The molecule has 14 heteroatoms. The fourth-order valence-electron chi connectivity index (χ4n) is 5.23. The van der Waals surface area contributed by atoms with Gasteiger partial charge < -0.3 is 18.9 Å². The van der Waals surface area contributed by atoms with Gasteiger partial charge in [-0.05, 0) is 38.1 Å². The van der Waals surface area contributed by atoms with Crippen LogP contribution in [0.4, 0.5) is 0 Å². The van der Waals surface area contributed by atoms with E-state index in [1.165, 1.54) is 8.61 Å². The summed E-state index contributed by atoms with van der Waals surface area (Å²) in [5.41, 5.74) is 1.95. The van der Waals surface area contributed by atoms with E-state index in [9.17, 15) is 16.8 Å². The van der Waals surface area contributed by atoms with Crippen molar-refractivity contribution in [3.63, 3.8) is 0 Å². The molecule has 0 radical (unpaired) electrons. The van der Waals surface area contributed by atoms with Crippen LogP contribution in [0.3, 0.4) is 0 Å². The number of fused-ring (bicyclic) bond motifs is 6. The molecule has 0 aromatic heterocycles. The van der Waals surface area contributed by atoms with E-state index in [1.54, 1.807) is 48.5 Å². The molecule has 2 aromatic rings. The van der Waals surface area contributed by atoms with Crippen LogP contribution < -0.4 is 0 Å².